The van der Waals surface area contributed by atoms with E-state index in [1.54, 1.807) is 4.90 Å². The number of amides is 3. The zero-order chi connectivity index (χ0) is 25.4. The number of nitrogens with one attached hydrogen (secondary N) is 2. The summed E-state index contributed by atoms with van der Waals surface area (Å²) in [5.41, 5.74) is 3.24. The van der Waals surface area contributed by atoms with Crippen molar-refractivity contribution in [1.82, 2.24) is 10.2 Å². The molecule has 0 saturated carbocycles. The van der Waals surface area contributed by atoms with Gasteiger partial charge in [0.1, 0.15) is 5.92 Å². The van der Waals surface area contributed by atoms with E-state index in [0.29, 0.717) is 18.1 Å². The molecule has 7 nitrogen and oxygen atoms in total. The van der Waals surface area contributed by atoms with Crippen LogP contribution in [0.1, 0.15) is 42.1 Å². The number of rotatable bonds is 6. The molecule has 3 aromatic carbocycles. The van der Waals surface area contributed by atoms with Gasteiger partial charge in [0.05, 0.1) is 19.2 Å². The number of carbonyl (C=O) groups excluding carboxylic acids is 2. The van der Waals surface area contributed by atoms with E-state index in [4.69, 9.17) is 9.47 Å². The lowest BCUT2D eigenvalue weighted by Crippen LogP contribution is -2.71. The van der Waals surface area contributed by atoms with E-state index < -0.39 is 17.7 Å². The number of anilines is 1. The Labute approximate surface area is 211 Å². The van der Waals surface area contributed by atoms with E-state index in [-0.39, 0.29) is 18.5 Å². The van der Waals surface area contributed by atoms with Crippen LogP contribution in [-0.4, -0.2) is 29.2 Å². The Morgan fingerprint density at radius 1 is 1.11 bits per heavy atom. The van der Waals surface area contributed by atoms with E-state index in [1.165, 1.54) is 0 Å². The van der Waals surface area contributed by atoms with Crippen molar-refractivity contribution in [2.24, 2.45) is 5.92 Å². The van der Waals surface area contributed by atoms with Gasteiger partial charge in [-0.25, -0.2) is 4.79 Å². The molecule has 3 atom stereocenters. The molecule has 0 unspecified atom stereocenters. The first-order valence-electron chi connectivity index (χ1n) is 12.3. The predicted octanol–water partition coefficient (Wildman–Crippen LogP) is 5.33. The monoisotopic (exact) mass is 485 g/mol. The van der Waals surface area contributed by atoms with Crippen LogP contribution < -0.4 is 20.1 Å². The van der Waals surface area contributed by atoms with Crippen LogP contribution in [0.15, 0.2) is 66.7 Å². The quantitative estimate of drug-likeness (QED) is 0.495. The highest BCUT2D eigenvalue weighted by atomic mass is 16.5. The van der Waals surface area contributed by atoms with Crippen LogP contribution in [0.25, 0.3) is 0 Å². The molecule has 7 heteroatoms. The molecule has 1 fully saturated rings. The van der Waals surface area contributed by atoms with Crippen molar-refractivity contribution in [3.8, 4) is 11.5 Å². The molecular formula is C29H31N3O4. The van der Waals surface area contributed by atoms with Crippen LogP contribution in [-0.2, 0) is 11.3 Å². The molecule has 2 aliphatic heterocycles. The number of urea groups is 1. The molecule has 2 aliphatic rings. The summed E-state index contributed by atoms with van der Waals surface area (Å²) < 4.78 is 12.5. The highest BCUT2D eigenvalue weighted by Crippen LogP contribution is 2.52. The van der Waals surface area contributed by atoms with Gasteiger partial charge in [0, 0.05) is 11.3 Å². The van der Waals surface area contributed by atoms with E-state index >= 15 is 0 Å². The van der Waals surface area contributed by atoms with Gasteiger partial charge in [-0.15, -0.1) is 0 Å². The number of benzene rings is 3. The maximum Gasteiger partial charge on any atom is 0.321 e. The van der Waals surface area contributed by atoms with Gasteiger partial charge in [-0.2, -0.15) is 0 Å². The van der Waals surface area contributed by atoms with Gasteiger partial charge in [-0.1, -0.05) is 60.2 Å². The van der Waals surface area contributed by atoms with Crippen molar-refractivity contribution in [2.75, 3.05) is 11.9 Å². The number of aryl methyl sites for hydroxylation is 2. The maximum absolute atomic E-state index is 13.9. The smallest absolute Gasteiger partial charge is 0.321 e. The third kappa shape index (κ3) is 4.04. The van der Waals surface area contributed by atoms with Crippen molar-refractivity contribution in [3.05, 3.63) is 89.0 Å². The minimum absolute atomic E-state index is 0.222. The molecule has 0 aliphatic carbocycles. The molecule has 0 aromatic heterocycles. The first-order chi connectivity index (χ1) is 17.3. The third-order valence-electron chi connectivity index (χ3n) is 7.03. The van der Waals surface area contributed by atoms with Crippen molar-refractivity contribution in [3.63, 3.8) is 0 Å². The highest BCUT2D eigenvalue weighted by molar-refractivity contribution is 5.96. The van der Waals surface area contributed by atoms with E-state index in [2.05, 4.69) is 10.6 Å². The highest BCUT2D eigenvalue weighted by Gasteiger charge is 2.60. The topological polar surface area (TPSA) is 79.9 Å². The second-order valence-corrected chi connectivity index (χ2v) is 9.55. The van der Waals surface area contributed by atoms with Gasteiger partial charge in [0.15, 0.2) is 17.2 Å². The third-order valence-corrected chi connectivity index (χ3v) is 7.03. The number of hydrogen-bond donors (Lipinski definition) is 2. The predicted molar refractivity (Wildman–Crippen MR) is 138 cm³/mol. The molecule has 2 N–H and O–H groups in total. The fraction of sp³-hybridized carbons (Fsp3) is 0.310. The fourth-order valence-electron chi connectivity index (χ4n) is 5.27. The average molecular weight is 486 g/mol. The van der Waals surface area contributed by atoms with Crippen LogP contribution in [0, 0.1) is 19.8 Å². The normalized spacial score (nSPS) is 22.2. The van der Waals surface area contributed by atoms with Crippen LogP contribution in [0.5, 0.6) is 11.5 Å². The van der Waals surface area contributed by atoms with Crippen molar-refractivity contribution < 1.29 is 19.1 Å². The Balaban J connectivity index is 1.59. The van der Waals surface area contributed by atoms with Crippen molar-refractivity contribution in [1.29, 1.82) is 0 Å². The van der Waals surface area contributed by atoms with E-state index in [9.17, 15) is 9.59 Å². The summed E-state index contributed by atoms with van der Waals surface area (Å²) in [5.74, 6) is 0.208. The first-order valence-corrected chi connectivity index (χ1v) is 12.3. The van der Waals surface area contributed by atoms with Gasteiger partial charge in [0.25, 0.3) is 0 Å². The molecule has 2 bridgehead atoms. The fourth-order valence-corrected chi connectivity index (χ4v) is 5.27. The molecule has 2 heterocycles. The summed E-state index contributed by atoms with van der Waals surface area (Å²) in [6, 6.07) is 20.3. The number of carbonyl (C=O) groups is 2. The largest absolute Gasteiger partial charge is 0.490 e. The lowest BCUT2D eigenvalue weighted by atomic mass is 9.78. The Bertz CT molecular complexity index is 1310. The molecule has 1 saturated heterocycles. The average Bonchev–Trinajstić information content (AvgIpc) is 2.85. The van der Waals surface area contributed by atoms with Gasteiger partial charge in [-0.3, -0.25) is 9.69 Å². The maximum atomic E-state index is 13.9. The van der Waals surface area contributed by atoms with Crippen LogP contribution >= 0.6 is 0 Å². The zero-order valence-corrected chi connectivity index (χ0v) is 21.0. The second kappa shape index (κ2) is 9.22. The number of hydrogen-bond acceptors (Lipinski definition) is 4. The number of para-hydroxylation sites is 1. The second-order valence-electron chi connectivity index (χ2n) is 9.55. The molecule has 186 valence electrons. The lowest BCUT2D eigenvalue weighted by molar-refractivity contribution is -0.156. The summed E-state index contributed by atoms with van der Waals surface area (Å²) in [4.78, 5) is 29.0. The minimum atomic E-state index is -1.26. The Morgan fingerprint density at radius 2 is 1.89 bits per heavy atom. The summed E-state index contributed by atoms with van der Waals surface area (Å²) in [5, 5.41) is 6.20. The number of fused-ring (bicyclic) bond motifs is 4. The molecule has 3 amide bonds. The standard InChI is InChI=1S/C29H31N3O4/c1-5-35-23-13-9-12-21-25-24(27(33)30-22-15-14-18(2)16-19(22)3)29(4,36-26(21)23)32(28(34)31-25)17-20-10-7-6-8-11-20/h6-16,24-25H,5,17H2,1-4H3,(H,30,33)(H,31,34)/t24-,25+,29+/m1/s1. The van der Waals surface area contributed by atoms with E-state index in [0.717, 1.165) is 27.9 Å². The molecular weight excluding hydrogens is 454 g/mol. The Hall–Kier alpha value is -4.00. The van der Waals surface area contributed by atoms with Crippen LogP contribution in [0.3, 0.4) is 0 Å². The number of nitrogens with zero attached hydrogens (tertiary/aromatic N) is 1. The molecule has 0 radical (unpaired) electrons. The number of ether oxygens (including phenoxy) is 2. The van der Waals surface area contributed by atoms with Gasteiger partial charge < -0.3 is 20.1 Å². The Morgan fingerprint density at radius 3 is 2.61 bits per heavy atom. The van der Waals surface area contributed by atoms with Gasteiger partial charge >= 0.3 is 6.03 Å². The van der Waals surface area contributed by atoms with Crippen LogP contribution in [0.2, 0.25) is 0 Å². The van der Waals surface area contributed by atoms with Crippen molar-refractivity contribution in [2.45, 2.75) is 46.0 Å². The van der Waals surface area contributed by atoms with Gasteiger partial charge in [0.2, 0.25) is 5.91 Å². The van der Waals surface area contributed by atoms with Crippen molar-refractivity contribution >= 4 is 17.6 Å². The zero-order valence-electron chi connectivity index (χ0n) is 21.0. The summed E-state index contributed by atoms with van der Waals surface area (Å²) in [7, 11) is 0. The summed E-state index contributed by atoms with van der Waals surface area (Å²) in [6.07, 6.45) is 0. The SMILES string of the molecule is CCOc1cccc2c1O[C@@]1(C)[C@@H](C(=O)Nc3ccc(C)cc3C)[C@H]2NC(=O)N1Cc1ccccc1. The molecule has 36 heavy (non-hydrogen) atoms. The van der Waals surface area contributed by atoms with Crippen LogP contribution in [0.4, 0.5) is 10.5 Å². The Kier molecular flexibility index (Phi) is 6.08. The first kappa shape index (κ1) is 23.7. The van der Waals surface area contributed by atoms with Gasteiger partial charge in [-0.05, 0) is 51.0 Å². The molecule has 0 spiro atoms. The molecule has 5 rings (SSSR count). The lowest BCUT2D eigenvalue weighted by Gasteiger charge is -2.54. The summed E-state index contributed by atoms with van der Waals surface area (Å²) in [6.45, 7) is 8.47. The minimum Gasteiger partial charge on any atom is -0.490 e. The summed E-state index contributed by atoms with van der Waals surface area (Å²) >= 11 is 0. The molecule has 3 aromatic rings. The van der Waals surface area contributed by atoms with E-state index in [1.807, 2.05) is 94.4 Å².